The minimum atomic E-state index is -0.578. The van der Waals surface area contributed by atoms with Crippen molar-refractivity contribution in [3.63, 3.8) is 0 Å². The van der Waals surface area contributed by atoms with Gasteiger partial charge in [0, 0.05) is 31.7 Å². The van der Waals surface area contributed by atoms with E-state index in [0.29, 0.717) is 43.1 Å². The number of nitrogens with zero attached hydrogens (tertiary/aromatic N) is 3. The van der Waals surface area contributed by atoms with E-state index in [4.69, 9.17) is 19.3 Å². The maximum atomic E-state index is 10.8. The normalized spacial score (nSPS) is 14.8. The SMILES string of the molecule is COc1ccccc1Oc1c(CN(CC(O)COC(C)(C)C)C2CC2)c(-c2ccccc2)nn1C. The maximum Gasteiger partial charge on any atom is 0.222 e. The molecule has 1 atom stereocenters. The van der Waals surface area contributed by atoms with Gasteiger partial charge in [0.2, 0.25) is 5.88 Å². The highest BCUT2D eigenvalue weighted by atomic mass is 16.5. The fourth-order valence-corrected chi connectivity index (χ4v) is 4.11. The van der Waals surface area contributed by atoms with Gasteiger partial charge in [-0.15, -0.1) is 0 Å². The summed E-state index contributed by atoms with van der Waals surface area (Å²) in [5.74, 6) is 1.96. The number of aliphatic hydroxyl groups is 1. The second-order valence-corrected chi connectivity index (χ2v) is 10.1. The van der Waals surface area contributed by atoms with Gasteiger partial charge in [0.15, 0.2) is 11.5 Å². The summed E-state index contributed by atoms with van der Waals surface area (Å²) >= 11 is 0. The molecular weight excluding hydrogens is 442 g/mol. The third-order valence-corrected chi connectivity index (χ3v) is 5.99. The van der Waals surface area contributed by atoms with Gasteiger partial charge < -0.3 is 19.3 Å². The van der Waals surface area contributed by atoms with Crippen molar-refractivity contribution in [2.45, 2.75) is 57.9 Å². The van der Waals surface area contributed by atoms with E-state index in [0.717, 1.165) is 29.7 Å². The molecule has 0 spiro atoms. The highest BCUT2D eigenvalue weighted by Gasteiger charge is 2.33. The summed E-state index contributed by atoms with van der Waals surface area (Å²) in [6.45, 7) is 7.44. The second-order valence-electron chi connectivity index (χ2n) is 10.1. The first-order valence-corrected chi connectivity index (χ1v) is 12.2. The van der Waals surface area contributed by atoms with Gasteiger partial charge in [-0.2, -0.15) is 5.10 Å². The Morgan fingerprint density at radius 2 is 1.71 bits per heavy atom. The topological polar surface area (TPSA) is 69.0 Å². The summed E-state index contributed by atoms with van der Waals surface area (Å²) in [4.78, 5) is 2.33. The van der Waals surface area contributed by atoms with Crippen molar-refractivity contribution in [2.75, 3.05) is 20.3 Å². The molecule has 1 aromatic heterocycles. The van der Waals surface area contributed by atoms with Crippen LogP contribution in [0, 0.1) is 0 Å². The third-order valence-electron chi connectivity index (χ3n) is 5.99. The lowest BCUT2D eigenvalue weighted by Crippen LogP contribution is -2.37. The van der Waals surface area contributed by atoms with Crippen molar-refractivity contribution in [1.82, 2.24) is 14.7 Å². The van der Waals surface area contributed by atoms with E-state index in [1.54, 1.807) is 11.8 Å². The number of aryl methyl sites for hydroxylation is 1. The number of aliphatic hydroxyl groups excluding tert-OH is 1. The smallest absolute Gasteiger partial charge is 0.222 e. The molecule has 0 saturated heterocycles. The van der Waals surface area contributed by atoms with Gasteiger partial charge in [0.25, 0.3) is 0 Å². The van der Waals surface area contributed by atoms with Crippen molar-refractivity contribution in [3.05, 3.63) is 60.2 Å². The van der Waals surface area contributed by atoms with Crippen LogP contribution in [-0.2, 0) is 18.3 Å². The molecule has 7 heteroatoms. The van der Waals surface area contributed by atoms with Crippen LogP contribution in [0.4, 0.5) is 0 Å². The van der Waals surface area contributed by atoms with Gasteiger partial charge in [-0.1, -0.05) is 42.5 Å². The van der Waals surface area contributed by atoms with Gasteiger partial charge in [-0.3, -0.25) is 4.90 Å². The summed E-state index contributed by atoms with van der Waals surface area (Å²) in [6, 6.07) is 18.2. The van der Waals surface area contributed by atoms with Gasteiger partial charge in [-0.05, 0) is 45.7 Å². The minimum Gasteiger partial charge on any atom is -0.493 e. The molecule has 1 fully saturated rings. The Balaban J connectivity index is 1.65. The third kappa shape index (κ3) is 6.63. The number of para-hydroxylation sites is 2. The molecule has 1 N–H and O–H groups in total. The van der Waals surface area contributed by atoms with E-state index in [1.807, 2.05) is 70.3 Å². The van der Waals surface area contributed by atoms with Crippen LogP contribution >= 0.6 is 0 Å². The molecule has 3 aromatic rings. The Morgan fingerprint density at radius 1 is 1.06 bits per heavy atom. The zero-order chi connectivity index (χ0) is 25.0. The van der Waals surface area contributed by atoms with Crippen molar-refractivity contribution < 1.29 is 19.3 Å². The molecule has 0 bridgehead atoms. The van der Waals surface area contributed by atoms with Crippen molar-refractivity contribution in [3.8, 4) is 28.6 Å². The van der Waals surface area contributed by atoms with Crippen LogP contribution in [0.1, 0.15) is 39.2 Å². The van der Waals surface area contributed by atoms with Crippen molar-refractivity contribution in [1.29, 1.82) is 0 Å². The van der Waals surface area contributed by atoms with E-state index in [9.17, 15) is 5.11 Å². The average Bonchev–Trinajstić information content (AvgIpc) is 3.64. The molecule has 1 aliphatic carbocycles. The molecule has 1 unspecified atom stereocenters. The Bertz CT molecular complexity index is 1100. The fraction of sp³-hybridized carbons (Fsp3) is 0.464. The minimum absolute atomic E-state index is 0.287. The van der Waals surface area contributed by atoms with Crippen LogP contribution in [0.15, 0.2) is 54.6 Å². The number of aromatic nitrogens is 2. The van der Waals surface area contributed by atoms with Crippen LogP contribution in [0.25, 0.3) is 11.3 Å². The number of hydrogen-bond acceptors (Lipinski definition) is 6. The lowest BCUT2D eigenvalue weighted by Gasteiger charge is -2.27. The van der Waals surface area contributed by atoms with Crippen LogP contribution in [0.5, 0.6) is 17.4 Å². The molecular formula is C28H37N3O4. The first kappa shape index (κ1) is 25.2. The Labute approximate surface area is 208 Å². The van der Waals surface area contributed by atoms with Crippen LogP contribution in [0.3, 0.4) is 0 Å². The van der Waals surface area contributed by atoms with E-state index in [2.05, 4.69) is 17.0 Å². The zero-order valence-electron chi connectivity index (χ0n) is 21.4. The zero-order valence-corrected chi connectivity index (χ0v) is 21.4. The summed E-state index contributed by atoms with van der Waals surface area (Å²) in [6.07, 6.45) is 1.66. The summed E-state index contributed by atoms with van der Waals surface area (Å²) in [7, 11) is 3.53. The molecule has 4 rings (SSSR count). The maximum absolute atomic E-state index is 10.8. The van der Waals surface area contributed by atoms with Crippen LogP contribution in [-0.4, -0.2) is 57.8 Å². The summed E-state index contributed by atoms with van der Waals surface area (Å²) < 4.78 is 19.6. The van der Waals surface area contributed by atoms with Crippen LogP contribution in [0.2, 0.25) is 0 Å². The Kier molecular flexibility index (Phi) is 7.79. The lowest BCUT2D eigenvalue weighted by atomic mass is 10.1. The average molecular weight is 480 g/mol. The first-order valence-electron chi connectivity index (χ1n) is 12.2. The van der Waals surface area contributed by atoms with Gasteiger partial charge in [0.05, 0.1) is 31.0 Å². The molecule has 188 valence electrons. The molecule has 1 heterocycles. The number of hydrogen-bond donors (Lipinski definition) is 1. The van der Waals surface area contributed by atoms with E-state index in [1.165, 1.54) is 0 Å². The van der Waals surface area contributed by atoms with E-state index < -0.39 is 6.10 Å². The highest BCUT2D eigenvalue weighted by Crippen LogP contribution is 2.39. The van der Waals surface area contributed by atoms with Gasteiger partial charge in [-0.25, -0.2) is 4.68 Å². The summed E-state index contributed by atoms with van der Waals surface area (Å²) in [5.41, 5.74) is 2.61. The Morgan fingerprint density at radius 3 is 2.34 bits per heavy atom. The first-order chi connectivity index (χ1) is 16.7. The molecule has 0 radical (unpaired) electrons. The number of ether oxygens (including phenoxy) is 3. The largest absolute Gasteiger partial charge is 0.493 e. The van der Waals surface area contributed by atoms with Crippen molar-refractivity contribution >= 4 is 0 Å². The summed E-state index contributed by atoms with van der Waals surface area (Å²) in [5, 5.41) is 15.6. The van der Waals surface area contributed by atoms with E-state index >= 15 is 0 Å². The van der Waals surface area contributed by atoms with Crippen LogP contribution < -0.4 is 9.47 Å². The number of methoxy groups -OCH3 is 1. The standard InChI is InChI=1S/C28H37N3O4/c1-28(2,3)34-19-22(32)17-31(21-15-16-21)18-23-26(20-11-7-6-8-12-20)29-30(4)27(23)35-25-14-10-9-13-24(25)33-5/h6-14,21-22,32H,15-19H2,1-5H3. The lowest BCUT2D eigenvalue weighted by molar-refractivity contribution is -0.0572. The quantitative estimate of drug-likeness (QED) is 0.416. The predicted molar refractivity (Wildman–Crippen MR) is 137 cm³/mol. The van der Waals surface area contributed by atoms with E-state index in [-0.39, 0.29) is 5.60 Å². The Hall–Kier alpha value is -2.87. The van der Waals surface area contributed by atoms with Gasteiger partial charge >= 0.3 is 0 Å². The molecule has 0 aliphatic heterocycles. The highest BCUT2D eigenvalue weighted by molar-refractivity contribution is 5.66. The molecule has 2 aromatic carbocycles. The monoisotopic (exact) mass is 479 g/mol. The molecule has 1 aliphatic rings. The number of rotatable bonds is 11. The second kappa shape index (κ2) is 10.8. The fourth-order valence-electron chi connectivity index (χ4n) is 4.11. The molecule has 0 amide bonds. The van der Waals surface area contributed by atoms with Gasteiger partial charge in [0.1, 0.15) is 5.69 Å². The number of benzene rings is 2. The molecule has 35 heavy (non-hydrogen) atoms. The van der Waals surface area contributed by atoms with Crippen molar-refractivity contribution in [2.24, 2.45) is 7.05 Å². The molecule has 7 nitrogen and oxygen atoms in total. The molecule has 1 saturated carbocycles. The predicted octanol–water partition coefficient (Wildman–Crippen LogP) is 5.03.